The third-order valence-electron chi connectivity index (χ3n) is 7.57. The number of amides is 3. The number of H-pyrrole nitrogens is 2. The van der Waals surface area contributed by atoms with Crippen molar-refractivity contribution in [3.63, 3.8) is 0 Å². The number of nitrogens with one attached hydrogen (secondary N) is 5. The molecule has 2 aromatic heterocycles. The summed E-state index contributed by atoms with van der Waals surface area (Å²) < 4.78 is 0. The molecule has 4 aromatic rings. The molecule has 4 rings (SSSR count). The Hall–Kier alpha value is -4.68. The van der Waals surface area contributed by atoms with Gasteiger partial charge in [-0.05, 0) is 42.5 Å². The number of aromatic amines is 2. The Kier molecular flexibility index (Phi) is 10.4. The summed E-state index contributed by atoms with van der Waals surface area (Å²) in [4.78, 5) is 58.4. The second-order valence-electron chi connectivity index (χ2n) is 11.6. The summed E-state index contributed by atoms with van der Waals surface area (Å²) in [5, 5.41) is 29.8. The lowest BCUT2D eigenvalue weighted by molar-refractivity contribution is -0.142. The molecule has 0 fully saturated rings. The number of hydrogen-bond donors (Lipinski definition) is 8. The number of hydrogen-bond acceptors (Lipinski definition) is 6. The van der Waals surface area contributed by atoms with Crippen LogP contribution in [-0.4, -0.2) is 74.1 Å². The molecule has 0 bridgehead atoms. The van der Waals surface area contributed by atoms with Crippen molar-refractivity contribution >= 4 is 45.5 Å². The Bertz CT molecular complexity index is 1630. The van der Waals surface area contributed by atoms with Gasteiger partial charge in [-0.2, -0.15) is 0 Å². The van der Waals surface area contributed by atoms with Gasteiger partial charge in [-0.25, -0.2) is 4.79 Å². The standard InChI is InChI=1S/C32H40N6O6/c1-17(2)12-23(33)29(40)38-28(18(3)39)31(42)36-26(13-19-15-34-24-10-6-4-8-21(19)24)30(41)37-27(32(43)44)14-20-16-35-25-11-7-5-9-22(20)25/h4-11,15-18,23,26-28,34-35,39H,12-14,33H2,1-3H3,(H,36,42)(H,37,41)(H,38,40)(H,43,44). The minimum atomic E-state index is -1.40. The molecule has 44 heavy (non-hydrogen) atoms. The Morgan fingerprint density at radius 1 is 0.750 bits per heavy atom. The van der Waals surface area contributed by atoms with Crippen LogP contribution in [0.2, 0.25) is 0 Å². The van der Waals surface area contributed by atoms with Gasteiger partial charge in [0.25, 0.3) is 0 Å². The summed E-state index contributed by atoms with van der Waals surface area (Å²) in [6, 6.07) is 10.0. The quantitative estimate of drug-likeness (QED) is 0.107. The van der Waals surface area contributed by atoms with Crippen LogP contribution in [0.15, 0.2) is 60.9 Å². The Morgan fingerprint density at radius 2 is 1.25 bits per heavy atom. The molecular weight excluding hydrogens is 564 g/mol. The van der Waals surface area contributed by atoms with Crippen molar-refractivity contribution in [2.75, 3.05) is 0 Å². The van der Waals surface area contributed by atoms with E-state index in [1.165, 1.54) is 6.92 Å². The lowest BCUT2D eigenvalue weighted by Gasteiger charge is -2.26. The highest BCUT2D eigenvalue weighted by molar-refractivity contribution is 5.95. The number of carbonyl (C=O) groups excluding carboxylic acids is 3. The molecule has 2 heterocycles. The summed E-state index contributed by atoms with van der Waals surface area (Å²) in [6.45, 7) is 5.15. The van der Waals surface area contributed by atoms with Crippen LogP contribution in [-0.2, 0) is 32.0 Å². The van der Waals surface area contributed by atoms with E-state index in [0.717, 1.165) is 21.8 Å². The van der Waals surface area contributed by atoms with Crippen LogP contribution in [0.25, 0.3) is 21.8 Å². The van der Waals surface area contributed by atoms with E-state index in [4.69, 9.17) is 5.73 Å². The average molecular weight is 605 g/mol. The number of nitrogens with two attached hydrogens (primary N) is 1. The van der Waals surface area contributed by atoms with E-state index in [0.29, 0.717) is 17.5 Å². The molecule has 12 nitrogen and oxygen atoms in total. The Balaban J connectivity index is 1.57. The smallest absolute Gasteiger partial charge is 0.326 e. The van der Waals surface area contributed by atoms with Crippen LogP contribution in [0.3, 0.4) is 0 Å². The molecule has 5 unspecified atom stereocenters. The highest BCUT2D eigenvalue weighted by Gasteiger charge is 2.33. The highest BCUT2D eigenvalue weighted by Crippen LogP contribution is 2.21. The maximum atomic E-state index is 13.7. The van der Waals surface area contributed by atoms with Gasteiger partial charge in [0.1, 0.15) is 18.1 Å². The van der Waals surface area contributed by atoms with Gasteiger partial charge in [0.15, 0.2) is 0 Å². The van der Waals surface area contributed by atoms with E-state index in [1.807, 2.05) is 62.4 Å². The summed E-state index contributed by atoms with van der Waals surface area (Å²) in [5.74, 6) is -3.27. The number of para-hydroxylation sites is 2. The molecule has 0 aliphatic rings. The minimum absolute atomic E-state index is 0.00106. The van der Waals surface area contributed by atoms with E-state index in [-0.39, 0.29) is 18.8 Å². The Labute approximate surface area is 254 Å². The fourth-order valence-corrected chi connectivity index (χ4v) is 5.26. The normalized spacial score (nSPS) is 15.0. The molecule has 0 aliphatic heterocycles. The number of carboxylic acid groups (broad SMARTS) is 1. The fraction of sp³-hybridized carbons (Fsp3) is 0.375. The van der Waals surface area contributed by atoms with Gasteiger partial charge in [0.05, 0.1) is 12.1 Å². The summed E-state index contributed by atoms with van der Waals surface area (Å²) in [7, 11) is 0. The second kappa shape index (κ2) is 14.2. The van der Waals surface area contributed by atoms with E-state index in [1.54, 1.807) is 12.4 Å². The number of aliphatic hydroxyl groups excluding tert-OH is 1. The first-order chi connectivity index (χ1) is 20.9. The zero-order chi connectivity index (χ0) is 32.0. The lowest BCUT2D eigenvalue weighted by atomic mass is 10.0. The number of carbonyl (C=O) groups is 4. The van der Waals surface area contributed by atoms with Gasteiger partial charge < -0.3 is 41.9 Å². The summed E-state index contributed by atoms with van der Waals surface area (Å²) >= 11 is 0. The predicted octanol–water partition coefficient (Wildman–Crippen LogP) is 1.73. The Morgan fingerprint density at radius 3 is 1.75 bits per heavy atom. The molecule has 12 heteroatoms. The van der Waals surface area contributed by atoms with Crippen molar-refractivity contribution in [3.05, 3.63) is 72.1 Å². The number of aliphatic hydroxyl groups is 1. The SMILES string of the molecule is CC(C)CC(N)C(=O)NC(C(=O)NC(Cc1c[nH]c2ccccc12)C(=O)NC(Cc1c[nH]c2ccccc12)C(=O)O)C(C)O. The molecule has 0 radical (unpaired) electrons. The highest BCUT2D eigenvalue weighted by atomic mass is 16.4. The van der Waals surface area contributed by atoms with Gasteiger partial charge in [0.2, 0.25) is 17.7 Å². The van der Waals surface area contributed by atoms with Crippen LogP contribution < -0.4 is 21.7 Å². The largest absolute Gasteiger partial charge is 0.480 e. The van der Waals surface area contributed by atoms with Crippen LogP contribution in [0, 0.1) is 5.92 Å². The number of aliphatic carboxylic acids is 1. The van der Waals surface area contributed by atoms with Crippen LogP contribution in [0.5, 0.6) is 0 Å². The molecule has 0 aliphatic carbocycles. The van der Waals surface area contributed by atoms with Crippen LogP contribution in [0.1, 0.15) is 38.3 Å². The zero-order valence-electron chi connectivity index (χ0n) is 25.0. The van der Waals surface area contributed by atoms with E-state index in [2.05, 4.69) is 25.9 Å². The molecule has 5 atom stereocenters. The van der Waals surface area contributed by atoms with Crippen molar-refractivity contribution in [1.29, 1.82) is 0 Å². The summed E-state index contributed by atoms with van der Waals surface area (Å²) in [5.41, 5.74) is 9.06. The summed E-state index contributed by atoms with van der Waals surface area (Å²) in [6.07, 6.45) is 2.50. The second-order valence-corrected chi connectivity index (χ2v) is 11.6. The van der Waals surface area contributed by atoms with Gasteiger partial charge in [-0.15, -0.1) is 0 Å². The minimum Gasteiger partial charge on any atom is -0.480 e. The third-order valence-corrected chi connectivity index (χ3v) is 7.57. The van der Waals surface area contributed by atoms with Crippen molar-refractivity contribution < 1.29 is 29.4 Å². The molecule has 9 N–H and O–H groups in total. The zero-order valence-corrected chi connectivity index (χ0v) is 25.0. The maximum absolute atomic E-state index is 13.7. The first-order valence-corrected chi connectivity index (χ1v) is 14.6. The third kappa shape index (κ3) is 7.82. The van der Waals surface area contributed by atoms with Crippen LogP contribution >= 0.6 is 0 Å². The first kappa shape index (κ1) is 32.2. The van der Waals surface area contributed by atoms with Gasteiger partial charge in [-0.3, -0.25) is 14.4 Å². The van der Waals surface area contributed by atoms with E-state index in [9.17, 15) is 29.4 Å². The number of benzene rings is 2. The van der Waals surface area contributed by atoms with Crippen LogP contribution in [0.4, 0.5) is 0 Å². The maximum Gasteiger partial charge on any atom is 0.326 e. The molecule has 3 amide bonds. The number of fused-ring (bicyclic) bond motifs is 2. The fourth-order valence-electron chi connectivity index (χ4n) is 5.26. The topological polar surface area (TPSA) is 202 Å². The molecule has 2 aromatic carbocycles. The monoisotopic (exact) mass is 604 g/mol. The number of aromatic nitrogens is 2. The predicted molar refractivity (Wildman–Crippen MR) is 167 cm³/mol. The average Bonchev–Trinajstić information content (AvgIpc) is 3.58. The van der Waals surface area contributed by atoms with Crippen molar-refractivity contribution in [3.8, 4) is 0 Å². The van der Waals surface area contributed by atoms with E-state index < -0.39 is 54.0 Å². The first-order valence-electron chi connectivity index (χ1n) is 14.6. The molecular formula is C32H40N6O6. The lowest BCUT2D eigenvalue weighted by Crippen LogP contribution is -2.60. The number of carboxylic acids is 1. The van der Waals surface area contributed by atoms with Gasteiger partial charge in [0, 0.05) is 47.0 Å². The van der Waals surface area contributed by atoms with Crippen molar-refractivity contribution in [2.45, 2.75) is 70.3 Å². The van der Waals surface area contributed by atoms with E-state index >= 15 is 0 Å². The van der Waals surface area contributed by atoms with Gasteiger partial charge >= 0.3 is 5.97 Å². The molecule has 234 valence electrons. The molecule has 0 spiro atoms. The molecule has 0 saturated heterocycles. The molecule has 0 saturated carbocycles. The van der Waals surface area contributed by atoms with Gasteiger partial charge in [-0.1, -0.05) is 50.2 Å². The van der Waals surface area contributed by atoms with Crippen molar-refractivity contribution in [1.82, 2.24) is 25.9 Å². The van der Waals surface area contributed by atoms with Crippen molar-refractivity contribution in [2.24, 2.45) is 11.7 Å². The number of rotatable bonds is 14.